The molecule has 2 aliphatic rings. The predicted molar refractivity (Wildman–Crippen MR) is 105 cm³/mol. The number of rotatable bonds is 4. The highest BCUT2D eigenvalue weighted by molar-refractivity contribution is 5.95. The van der Waals surface area contributed by atoms with Crippen LogP contribution in [0.2, 0.25) is 0 Å². The Hall–Kier alpha value is -2.94. The number of amides is 3. The highest BCUT2D eigenvalue weighted by Gasteiger charge is 2.46. The van der Waals surface area contributed by atoms with E-state index in [-0.39, 0.29) is 11.9 Å². The zero-order valence-corrected chi connectivity index (χ0v) is 16.3. The van der Waals surface area contributed by atoms with Gasteiger partial charge < -0.3 is 15.0 Å². The second-order valence-electron chi connectivity index (χ2n) is 7.47. The van der Waals surface area contributed by atoms with E-state index in [0.29, 0.717) is 51.2 Å². The number of carbonyl (C=O) groups excluding carboxylic acids is 2. The molecule has 154 valence electrons. The van der Waals surface area contributed by atoms with E-state index in [1.807, 2.05) is 10.7 Å². The molecule has 8 nitrogen and oxygen atoms in total. The molecule has 0 unspecified atom stereocenters. The van der Waals surface area contributed by atoms with Crippen LogP contribution in [0.25, 0.3) is 0 Å². The summed E-state index contributed by atoms with van der Waals surface area (Å²) in [7, 11) is 1.61. The number of urea groups is 1. The molecule has 2 aromatic rings. The Bertz CT molecular complexity index is 907. The van der Waals surface area contributed by atoms with Crippen molar-refractivity contribution in [2.45, 2.75) is 24.8 Å². The zero-order valence-electron chi connectivity index (χ0n) is 16.3. The number of hydrogen-bond donors (Lipinski definition) is 1. The summed E-state index contributed by atoms with van der Waals surface area (Å²) in [6.45, 7) is 1.93. The number of likely N-dealkylation sites (tertiary alicyclic amines) is 1. The molecule has 0 aliphatic carbocycles. The quantitative estimate of drug-likeness (QED) is 0.853. The van der Waals surface area contributed by atoms with Gasteiger partial charge in [-0.25, -0.2) is 13.9 Å². The largest absolute Gasteiger partial charge is 0.383 e. The van der Waals surface area contributed by atoms with E-state index in [4.69, 9.17) is 4.74 Å². The first-order valence-corrected chi connectivity index (χ1v) is 9.68. The van der Waals surface area contributed by atoms with Crippen LogP contribution in [0.1, 0.15) is 19.3 Å². The fraction of sp³-hybridized carbons (Fsp3) is 0.450. The van der Waals surface area contributed by atoms with Crippen LogP contribution in [0.4, 0.5) is 20.7 Å². The predicted octanol–water partition coefficient (Wildman–Crippen LogP) is 2.43. The molecule has 1 saturated heterocycles. The van der Waals surface area contributed by atoms with E-state index >= 15 is 0 Å². The number of piperidine rings is 1. The van der Waals surface area contributed by atoms with Crippen molar-refractivity contribution in [3.05, 3.63) is 42.3 Å². The smallest absolute Gasteiger partial charge is 0.321 e. The van der Waals surface area contributed by atoms with E-state index in [2.05, 4.69) is 10.4 Å². The summed E-state index contributed by atoms with van der Waals surface area (Å²) in [5, 5.41) is 7.23. The Morgan fingerprint density at radius 1 is 1.31 bits per heavy atom. The molecular weight excluding hydrogens is 377 g/mol. The standard InChI is InChI=1S/C20H24FN5O3/c1-29-12-11-25-17-5-8-22-26(17)20(14-18(25)27)6-9-24(10-7-20)19(28)23-16-4-2-3-15(21)13-16/h2-5,8,13H,6-7,9-12,14H2,1H3,(H,23,28). The SMILES string of the molecule is COCCN1C(=O)CC2(CCN(C(=O)Nc3cccc(F)c3)CC2)n2nccc21. The highest BCUT2D eigenvalue weighted by Crippen LogP contribution is 2.40. The third-order valence-corrected chi connectivity index (χ3v) is 5.71. The molecule has 3 heterocycles. The van der Waals surface area contributed by atoms with E-state index < -0.39 is 11.4 Å². The van der Waals surface area contributed by atoms with Crippen LogP contribution < -0.4 is 10.2 Å². The van der Waals surface area contributed by atoms with E-state index in [1.54, 1.807) is 35.2 Å². The lowest BCUT2D eigenvalue weighted by molar-refractivity contribution is -0.123. The van der Waals surface area contributed by atoms with Gasteiger partial charge in [0.15, 0.2) is 0 Å². The Labute approximate surface area is 168 Å². The number of methoxy groups -OCH3 is 1. The maximum Gasteiger partial charge on any atom is 0.321 e. The Balaban J connectivity index is 1.45. The number of anilines is 2. The fourth-order valence-electron chi connectivity index (χ4n) is 4.15. The third kappa shape index (κ3) is 3.69. The summed E-state index contributed by atoms with van der Waals surface area (Å²) in [5.41, 5.74) is 0.000975. The molecule has 1 spiro atoms. The number of aromatic nitrogens is 2. The molecule has 1 aromatic carbocycles. The lowest BCUT2D eigenvalue weighted by Gasteiger charge is -2.46. The first-order chi connectivity index (χ1) is 14.0. The van der Waals surface area contributed by atoms with Gasteiger partial charge in [0.2, 0.25) is 5.91 Å². The first-order valence-electron chi connectivity index (χ1n) is 9.68. The molecule has 0 radical (unpaired) electrons. The van der Waals surface area contributed by atoms with Crippen LogP contribution >= 0.6 is 0 Å². The molecule has 1 N–H and O–H groups in total. The molecule has 29 heavy (non-hydrogen) atoms. The molecule has 2 aliphatic heterocycles. The summed E-state index contributed by atoms with van der Waals surface area (Å²) in [4.78, 5) is 28.8. The van der Waals surface area contributed by atoms with Crippen LogP contribution in [0.5, 0.6) is 0 Å². The average Bonchev–Trinajstić information content (AvgIpc) is 3.19. The molecule has 4 rings (SSSR count). The van der Waals surface area contributed by atoms with Crippen molar-refractivity contribution in [3.8, 4) is 0 Å². The van der Waals surface area contributed by atoms with Gasteiger partial charge in [0.25, 0.3) is 0 Å². The number of halogens is 1. The van der Waals surface area contributed by atoms with Crippen LogP contribution in [-0.2, 0) is 15.1 Å². The van der Waals surface area contributed by atoms with Crippen molar-refractivity contribution in [3.63, 3.8) is 0 Å². The van der Waals surface area contributed by atoms with Crippen LogP contribution in [0.15, 0.2) is 36.5 Å². The zero-order chi connectivity index (χ0) is 20.4. The Morgan fingerprint density at radius 2 is 2.10 bits per heavy atom. The topological polar surface area (TPSA) is 79.7 Å². The fourth-order valence-corrected chi connectivity index (χ4v) is 4.15. The molecule has 0 bridgehead atoms. The van der Waals surface area contributed by atoms with Gasteiger partial charge in [-0.3, -0.25) is 9.69 Å². The number of carbonyl (C=O) groups is 2. The van der Waals surface area contributed by atoms with Crippen LogP contribution in [0.3, 0.4) is 0 Å². The summed E-state index contributed by atoms with van der Waals surface area (Å²) >= 11 is 0. The lowest BCUT2D eigenvalue weighted by atomic mass is 9.82. The molecule has 0 atom stereocenters. The number of nitrogens with one attached hydrogen (secondary N) is 1. The van der Waals surface area contributed by atoms with Crippen molar-refractivity contribution in [2.24, 2.45) is 0 Å². The summed E-state index contributed by atoms with van der Waals surface area (Å²) < 4.78 is 20.4. The number of benzene rings is 1. The summed E-state index contributed by atoms with van der Waals surface area (Å²) in [5.74, 6) is 0.425. The molecule has 0 saturated carbocycles. The maximum atomic E-state index is 13.3. The number of hydrogen-bond acceptors (Lipinski definition) is 4. The second kappa shape index (κ2) is 7.82. The van der Waals surface area contributed by atoms with Gasteiger partial charge in [-0.1, -0.05) is 6.07 Å². The monoisotopic (exact) mass is 401 g/mol. The molecule has 9 heteroatoms. The average molecular weight is 401 g/mol. The van der Waals surface area contributed by atoms with Gasteiger partial charge in [0.1, 0.15) is 11.6 Å². The van der Waals surface area contributed by atoms with Crippen molar-refractivity contribution in [2.75, 3.05) is 43.6 Å². The van der Waals surface area contributed by atoms with Gasteiger partial charge in [-0.2, -0.15) is 5.10 Å². The molecule has 1 aromatic heterocycles. The molecule has 1 fully saturated rings. The Kier molecular flexibility index (Phi) is 5.23. The van der Waals surface area contributed by atoms with E-state index in [9.17, 15) is 14.0 Å². The van der Waals surface area contributed by atoms with Gasteiger partial charge in [-0.15, -0.1) is 0 Å². The number of fused-ring (bicyclic) bond motifs is 2. The highest BCUT2D eigenvalue weighted by atomic mass is 19.1. The van der Waals surface area contributed by atoms with Crippen LogP contribution in [0, 0.1) is 5.82 Å². The minimum atomic E-state index is -0.422. The van der Waals surface area contributed by atoms with Crippen molar-refractivity contribution >= 4 is 23.4 Å². The molecular formula is C20H24FN5O3. The first kappa shape index (κ1) is 19.4. The van der Waals surface area contributed by atoms with Crippen molar-refractivity contribution in [1.82, 2.24) is 14.7 Å². The van der Waals surface area contributed by atoms with Crippen molar-refractivity contribution < 1.29 is 18.7 Å². The number of nitrogens with zero attached hydrogens (tertiary/aromatic N) is 4. The lowest BCUT2D eigenvalue weighted by Crippen LogP contribution is -2.55. The molecule has 3 amide bonds. The third-order valence-electron chi connectivity index (χ3n) is 5.71. The number of ether oxygens (including phenoxy) is 1. The van der Waals surface area contributed by atoms with Crippen LogP contribution in [-0.4, -0.2) is 60.0 Å². The van der Waals surface area contributed by atoms with E-state index in [1.165, 1.54) is 12.1 Å². The summed E-state index contributed by atoms with van der Waals surface area (Å²) in [6.07, 6.45) is 3.31. The van der Waals surface area contributed by atoms with E-state index in [0.717, 1.165) is 5.82 Å². The van der Waals surface area contributed by atoms with Gasteiger partial charge >= 0.3 is 6.03 Å². The minimum Gasteiger partial charge on any atom is -0.383 e. The van der Waals surface area contributed by atoms with Crippen molar-refractivity contribution in [1.29, 1.82) is 0 Å². The van der Waals surface area contributed by atoms with Gasteiger partial charge in [0.05, 0.1) is 31.3 Å². The maximum absolute atomic E-state index is 13.3. The Morgan fingerprint density at radius 3 is 2.83 bits per heavy atom. The van der Waals surface area contributed by atoms with Gasteiger partial charge in [0, 0.05) is 32.0 Å². The normalized spacial score (nSPS) is 18.1. The minimum absolute atomic E-state index is 0.0488. The van der Waals surface area contributed by atoms with Gasteiger partial charge in [-0.05, 0) is 31.0 Å². The summed E-state index contributed by atoms with van der Waals surface area (Å²) in [6, 6.07) is 7.40. The second-order valence-corrected chi connectivity index (χ2v) is 7.47.